The summed E-state index contributed by atoms with van der Waals surface area (Å²) in [6.45, 7) is 0. The van der Waals surface area contributed by atoms with E-state index in [0.717, 1.165) is 18.4 Å². The van der Waals surface area contributed by atoms with Crippen LogP contribution in [-0.4, -0.2) is 9.78 Å². The van der Waals surface area contributed by atoms with Crippen LogP contribution in [0.25, 0.3) is 0 Å². The minimum absolute atomic E-state index is 1.10. The van der Waals surface area contributed by atoms with Crippen molar-refractivity contribution in [2.45, 2.75) is 12.8 Å². The summed E-state index contributed by atoms with van der Waals surface area (Å²) in [6.07, 6.45) is 9.33. The van der Waals surface area contributed by atoms with E-state index in [2.05, 4.69) is 17.3 Å². The van der Waals surface area contributed by atoms with Gasteiger partial charge in [-0.1, -0.05) is 6.08 Å². The Bertz CT molecular complexity index is 271. The SMILES string of the molecule is Cn1ncc2c1CCC=[C]2. The van der Waals surface area contributed by atoms with Crippen LogP contribution in [-0.2, 0) is 13.5 Å². The molecule has 1 aliphatic rings. The zero-order valence-electron chi connectivity index (χ0n) is 5.96. The van der Waals surface area contributed by atoms with Crippen molar-refractivity contribution in [2.75, 3.05) is 0 Å². The molecule has 0 aliphatic heterocycles. The van der Waals surface area contributed by atoms with Gasteiger partial charge in [0.1, 0.15) is 0 Å². The van der Waals surface area contributed by atoms with E-state index in [4.69, 9.17) is 0 Å². The van der Waals surface area contributed by atoms with Gasteiger partial charge in [-0.15, -0.1) is 0 Å². The lowest BCUT2D eigenvalue weighted by atomic mass is 10.1. The van der Waals surface area contributed by atoms with E-state index in [-0.39, 0.29) is 0 Å². The second-order valence-corrected chi connectivity index (χ2v) is 2.52. The van der Waals surface area contributed by atoms with Crippen LogP contribution in [0.15, 0.2) is 12.3 Å². The maximum Gasteiger partial charge on any atom is 0.0571 e. The van der Waals surface area contributed by atoms with E-state index < -0.39 is 0 Å². The monoisotopic (exact) mass is 133 g/mol. The molecule has 0 fully saturated rings. The summed E-state index contributed by atoms with van der Waals surface area (Å²) in [5.74, 6) is 0. The molecule has 51 valence electrons. The van der Waals surface area contributed by atoms with Crippen LogP contribution in [0.2, 0.25) is 0 Å². The summed E-state index contributed by atoms with van der Waals surface area (Å²) in [7, 11) is 1.98. The molecular weight excluding hydrogens is 124 g/mol. The second kappa shape index (κ2) is 1.97. The molecule has 0 saturated carbocycles. The third-order valence-corrected chi connectivity index (χ3v) is 1.84. The number of hydrogen-bond donors (Lipinski definition) is 0. The molecule has 1 aromatic heterocycles. The van der Waals surface area contributed by atoms with Crippen molar-refractivity contribution in [3.63, 3.8) is 0 Å². The van der Waals surface area contributed by atoms with Gasteiger partial charge in [-0.25, -0.2) is 0 Å². The Hall–Kier alpha value is -1.05. The van der Waals surface area contributed by atoms with Gasteiger partial charge in [0, 0.05) is 18.3 Å². The van der Waals surface area contributed by atoms with Crippen LogP contribution in [0.5, 0.6) is 0 Å². The molecule has 0 saturated heterocycles. The average molecular weight is 133 g/mol. The van der Waals surface area contributed by atoms with Crippen molar-refractivity contribution in [3.8, 4) is 0 Å². The molecule has 0 unspecified atom stereocenters. The fraction of sp³-hybridized carbons (Fsp3) is 0.375. The van der Waals surface area contributed by atoms with E-state index in [9.17, 15) is 0 Å². The van der Waals surface area contributed by atoms with Crippen LogP contribution in [0, 0.1) is 6.08 Å². The van der Waals surface area contributed by atoms with Crippen LogP contribution in [0.4, 0.5) is 0 Å². The molecule has 2 heteroatoms. The topological polar surface area (TPSA) is 17.8 Å². The molecule has 0 bridgehead atoms. The molecule has 10 heavy (non-hydrogen) atoms. The van der Waals surface area contributed by atoms with Crippen LogP contribution >= 0.6 is 0 Å². The molecule has 1 radical (unpaired) electrons. The summed E-state index contributed by atoms with van der Waals surface area (Å²) in [6, 6.07) is 0. The minimum Gasteiger partial charge on any atom is -0.272 e. The van der Waals surface area contributed by atoms with E-state index in [0.29, 0.717) is 0 Å². The number of allylic oxidation sites excluding steroid dienone is 1. The fourth-order valence-corrected chi connectivity index (χ4v) is 1.27. The summed E-state index contributed by atoms with van der Waals surface area (Å²) in [5.41, 5.74) is 2.47. The molecule has 1 aliphatic carbocycles. The van der Waals surface area contributed by atoms with Gasteiger partial charge >= 0.3 is 0 Å². The number of fused-ring (bicyclic) bond motifs is 1. The highest BCUT2D eigenvalue weighted by Gasteiger charge is 2.07. The Labute approximate surface area is 60.2 Å². The molecule has 2 nitrogen and oxygen atoms in total. The zero-order chi connectivity index (χ0) is 6.97. The van der Waals surface area contributed by atoms with Gasteiger partial charge in [0.15, 0.2) is 0 Å². The first-order chi connectivity index (χ1) is 4.88. The van der Waals surface area contributed by atoms with Crippen molar-refractivity contribution in [1.82, 2.24) is 9.78 Å². The predicted molar refractivity (Wildman–Crippen MR) is 38.4 cm³/mol. The van der Waals surface area contributed by atoms with Crippen molar-refractivity contribution >= 4 is 0 Å². The molecule has 1 aromatic rings. The smallest absolute Gasteiger partial charge is 0.0571 e. The van der Waals surface area contributed by atoms with Crippen molar-refractivity contribution in [2.24, 2.45) is 7.05 Å². The fourth-order valence-electron chi connectivity index (χ4n) is 1.27. The maximum absolute atomic E-state index is 4.13. The Balaban J connectivity index is 2.57. The lowest BCUT2D eigenvalue weighted by molar-refractivity contribution is 0.702. The molecule has 0 spiro atoms. The van der Waals surface area contributed by atoms with Gasteiger partial charge in [-0.05, 0) is 18.9 Å². The van der Waals surface area contributed by atoms with E-state index in [1.165, 1.54) is 5.69 Å². The Kier molecular flexibility index (Phi) is 1.13. The highest BCUT2D eigenvalue weighted by atomic mass is 15.3. The summed E-state index contributed by atoms with van der Waals surface area (Å²) >= 11 is 0. The quantitative estimate of drug-likeness (QED) is 0.517. The lowest BCUT2D eigenvalue weighted by Gasteiger charge is -2.04. The Morgan fingerprint density at radius 2 is 2.60 bits per heavy atom. The Morgan fingerprint density at radius 3 is 3.40 bits per heavy atom. The maximum atomic E-state index is 4.13. The molecule has 1 heterocycles. The van der Waals surface area contributed by atoms with Gasteiger partial charge in [-0.3, -0.25) is 4.68 Å². The summed E-state index contributed by atoms with van der Waals surface area (Å²) in [4.78, 5) is 0. The first kappa shape index (κ1) is 5.71. The summed E-state index contributed by atoms with van der Waals surface area (Å²) in [5, 5.41) is 4.13. The van der Waals surface area contributed by atoms with Gasteiger partial charge in [0.2, 0.25) is 0 Å². The number of nitrogens with zero attached hydrogens (tertiary/aromatic N) is 2. The van der Waals surface area contributed by atoms with Gasteiger partial charge in [-0.2, -0.15) is 5.10 Å². The third-order valence-electron chi connectivity index (χ3n) is 1.84. The van der Waals surface area contributed by atoms with Crippen LogP contribution in [0.3, 0.4) is 0 Å². The predicted octanol–water partition coefficient (Wildman–Crippen LogP) is 1.07. The normalized spacial score (nSPS) is 15.3. The minimum atomic E-state index is 1.10. The van der Waals surface area contributed by atoms with E-state index in [1.54, 1.807) is 0 Å². The van der Waals surface area contributed by atoms with Crippen molar-refractivity contribution < 1.29 is 0 Å². The number of hydrogen-bond acceptors (Lipinski definition) is 1. The van der Waals surface area contributed by atoms with Crippen molar-refractivity contribution in [3.05, 3.63) is 29.6 Å². The third kappa shape index (κ3) is 0.685. The van der Waals surface area contributed by atoms with Crippen LogP contribution < -0.4 is 0 Å². The number of rotatable bonds is 0. The molecule has 0 N–H and O–H groups in total. The molecule has 0 amide bonds. The van der Waals surface area contributed by atoms with Gasteiger partial charge < -0.3 is 0 Å². The second-order valence-electron chi connectivity index (χ2n) is 2.52. The summed E-state index contributed by atoms with van der Waals surface area (Å²) < 4.78 is 1.93. The number of aromatic nitrogens is 2. The van der Waals surface area contributed by atoms with Crippen LogP contribution in [0.1, 0.15) is 17.7 Å². The van der Waals surface area contributed by atoms with E-state index >= 15 is 0 Å². The molecule has 2 rings (SSSR count). The zero-order valence-corrected chi connectivity index (χ0v) is 5.96. The molecular formula is C8H9N2. The largest absolute Gasteiger partial charge is 0.272 e. The van der Waals surface area contributed by atoms with Gasteiger partial charge in [0.25, 0.3) is 0 Å². The van der Waals surface area contributed by atoms with Crippen molar-refractivity contribution in [1.29, 1.82) is 0 Å². The first-order valence-corrected chi connectivity index (χ1v) is 3.47. The highest BCUT2D eigenvalue weighted by molar-refractivity contribution is 5.28. The first-order valence-electron chi connectivity index (χ1n) is 3.47. The molecule has 0 atom stereocenters. The van der Waals surface area contributed by atoms with Gasteiger partial charge in [0.05, 0.1) is 6.20 Å². The standard InChI is InChI=1S/C8H9N2/c1-10-8-5-3-2-4-7(8)6-9-10/h2,6H,3,5H2,1H3. The Morgan fingerprint density at radius 1 is 1.70 bits per heavy atom. The molecule has 0 aromatic carbocycles. The number of aryl methyl sites for hydroxylation is 1. The lowest BCUT2D eigenvalue weighted by Crippen LogP contribution is -2.01. The highest BCUT2D eigenvalue weighted by Crippen LogP contribution is 2.14. The average Bonchev–Trinajstić information content (AvgIpc) is 2.34. The van der Waals surface area contributed by atoms with E-state index in [1.807, 2.05) is 17.9 Å².